The molecule has 2 fully saturated rings. The van der Waals surface area contributed by atoms with Gasteiger partial charge in [0.2, 0.25) is 0 Å². The Balaban J connectivity index is 0.00000109. The molecule has 0 spiro atoms. The van der Waals surface area contributed by atoms with Gasteiger partial charge in [0.15, 0.2) is 0 Å². The topological polar surface area (TPSA) is 15.3 Å². The van der Waals surface area contributed by atoms with Gasteiger partial charge in [-0.15, -0.1) is 24.8 Å². The summed E-state index contributed by atoms with van der Waals surface area (Å²) in [5.41, 5.74) is 1.57. The average molecular weight is 441 g/mol. The van der Waals surface area contributed by atoms with E-state index in [-0.39, 0.29) is 24.8 Å². The van der Waals surface area contributed by atoms with E-state index in [0.29, 0.717) is 6.04 Å². The van der Waals surface area contributed by atoms with Gasteiger partial charge >= 0.3 is 0 Å². The molecule has 4 aromatic rings. The molecule has 158 valence electrons. The highest BCUT2D eigenvalue weighted by atomic mass is 35.5. The average Bonchev–Trinajstić information content (AvgIpc) is 3.28. The molecule has 1 saturated carbocycles. The number of rotatable bonds is 3. The van der Waals surface area contributed by atoms with E-state index in [9.17, 15) is 0 Å². The highest BCUT2D eigenvalue weighted by molar-refractivity contribution is 6.23. The SMILES string of the molecule is Cl.Cl.c1cc2ccc3ccc([C@@H](C4CCCC4)N4CCNCC4)c4ccc(c1)c2c34. The van der Waals surface area contributed by atoms with E-state index in [1.165, 1.54) is 71.1 Å². The maximum atomic E-state index is 3.55. The molecule has 1 N–H and O–H groups in total. The van der Waals surface area contributed by atoms with Gasteiger partial charge in [-0.1, -0.05) is 67.4 Å². The van der Waals surface area contributed by atoms with Crippen LogP contribution in [0.15, 0.2) is 54.6 Å². The van der Waals surface area contributed by atoms with Gasteiger partial charge in [-0.05, 0) is 56.6 Å². The first-order valence-electron chi connectivity index (χ1n) is 11.0. The molecule has 1 saturated heterocycles. The summed E-state index contributed by atoms with van der Waals surface area (Å²) >= 11 is 0. The molecule has 30 heavy (non-hydrogen) atoms. The van der Waals surface area contributed by atoms with E-state index in [0.717, 1.165) is 19.0 Å². The number of benzene rings is 4. The van der Waals surface area contributed by atoms with Crippen LogP contribution in [0.2, 0.25) is 0 Å². The molecule has 0 aromatic heterocycles. The van der Waals surface area contributed by atoms with E-state index in [1.807, 2.05) is 0 Å². The predicted molar refractivity (Wildman–Crippen MR) is 134 cm³/mol. The van der Waals surface area contributed by atoms with Crippen LogP contribution in [0.1, 0.15) is 37.3 Å². The van der Waals surface area contributed by atoms with E-state index < -0.39 is 0 Å². The maximum Gasteiger partial charge on any atom is 0.0383 e. The predicted octanol–water partition coefficient (Wildman–Crippen LogP) is 6.56. The lowest BCUT2D eigenvalue weighted by atomic mass is 9.84. The molecule has 0 bridgehead atoms. The van der Waals surface area contributed by atoms with E-state index in [2.05, 4.69) is 64.8 Å². The van der Waals surface area contributed by atoms with Crippen molar-refractivity contribution in [2.24, 2.45) is 5.92 Å². The Labute approximate surface area is 191 Å². The van der Waals surface area contributed by atoms with Gasteiger partial charge in [-0.25, -0.2) is 0 Å². The van der Waals surface area contributed by atoms with Crippen molar-refractivity contribution in [2.75, 3.05) is 26.2 Å². The van der Waals surface area contributed by atoms with Crippen molar-refractivity contribution < 1.29 is 0 Å². The first-order chi connectivity index (χ1) is 13.9. The molecule has 2 aliphatic rings. The summed E-state index contributed by atoms with van der Waals surface area (Å²) in [6.07, 6.45) is 5.57. The molecule has 6 rings (SSSR count). The van der Waals surface area contributed by atoms with Crippen molar-refractivity contribution in [1.29, 1.82) is 0 Å². The van der Waals surface area contributed by atoms with Gasteiger partial charge in [0.1, 0.15) is 0 Å². The van der Waals surface area contributed by atoms with Crippen molar-refractivity contribution in [3.05, 3.63) is 60.2 Å². The fourth-order valence-corrected chi connectivity index (χ4v) is 6.00. The Morgan fingerprint density at radius 1 is 0.733 bits per heavy atom. The lowest BCUT2D eigenvalue weighted by Gasteiger charge is -2.39. The van der Waals surface area contributed by atoms with Gasteiger partial charge in [-0.2, -0.15) is 0 Å². The molecular weight excluding hydrogens is 411 g/mol. The van der Waals surface area contributed by atoms with E-state index >= 15 is 0 Å². The minimum atomic E-state index is 0. The van der Waals surface area contributed by atoms with Crippen LogP contribution in [0.25, 0.3) is 32.3 Å². The molecule has 4 heteroatoms. The molecular formula is C26H30Cl2N2. The summed E-state index contributed by atoms with van der Waals surface area (Å²) in [7, 11) is 0. The fraction of sp³-hybridized carbons (Fsp3) is 0.385. The van der Waals surface area contributed by atoms with E-state index in [1.54, 1.807) is 5.56 Å². The van der Waals surface area contributed by atoms with Crippen molar-refractivity contribution in [3.8, 4) is 0 Å². The summed E-state index contributed by atoms with van der Waals surface area (Å²) in [4.78, 5) is 2.78. The van der Waals surface area contributed by atoms with Gasteiger partial charge in [0.25, 0.3) is 0 Å². The highest BCUT2D eigenvalue weighted by Gasteiger charge is 2.33. The number of piperazine rings is 1. The van der Waals surface area contributed by atoms with Crippen molar-refractivity contribution in [2.45, 2.75) is 31.7 Å². The van der Waals surface area contributed by atoms with Crippen LogP contribution in [0.5, 0.6) is 0 Å². The number of halogens is 2. The first-order valence-corrected chi connectivity index (χ1v) is 11.0. The van der Waals surface area contributed by atoms with Crippen molar-refractivity contribution in [1.82, 2.24) is 10.2 Å². The third kappa shape index (κ3) is 3.44. The Morgan fingerprint density at radius 2 is 1.33 bits per heavy atom. The molecule has 2 nitrogen and oxygen atoms in total. The summed E-state index contributed by atoms with van der Waals surface area (Å²) < 4.78 is 0. The van der Waals surface area contributed by atoms with Crippen LogP contribution in [0, 0.1) is 5.92 Å². The maximum absolute atomic E-state index is 3.55. The first kappa shape index (κ1) is 21.6. The molecule has 0 unspecified atom stereocenters. The lowest BCUT2D eigenvalue weighted by molar-refractivity contribution is 0.126. The monoisotopic (exact) mass is 440 g/mol. The number of hydrogen-bond acceptors (Lipinski definition) is 2. The molecule has 4 aromatic carbocycles. The minimum Gasteiger partial charge on any atom is -0.314 e. The molecule has 1 aliphatic heterocycles. The molecule has 1 atom stereocenters. The second-order valence-electron chi connectivity index (χ2n) is 8.79. The van der Waals surface area contributed by atoms with Gasteiger partial charge < -0.3 is 5.32 Å². The standard InChI is InChI=1S/C26H28N2.2ClH/c1-2-5-21(4-1)26(28-16-14-27-15-17-28)23-13-11-20-9-8-18-6-3-7-19-10-12-22(23)25(20)24(18)19;;/h3,6-13,21,26-27H,1-2,4-5,14-17H2;2*1H/t26-;;/m1../s1. The van der Waals surface area contributed by atoms with Crippen LogP contribution < -0.4 is 5.32 Å². The van der Waals surface area contributed by atoms with Crippen LogP contribution in [-0.4, -0.2) is 31.1 Å². The Morgan fingerprint density at radius 3 is 2.03 bits per heavy atom. The number of nitrogens with one attached hydrogen (secondary N) is 1. The minimum absolute atomic E-state index is 0. The molecule has 1 heterocycles. The highest BCUT2D eigenvalue weighted by Crippen LogP contribution is 2.44. The normalized spacial score (nSPS) is 19.2. The summed E-state index contributed by atoms with van der Waals surface area (Å²) in [5, 5.41) is 12.1. The van der Waals surface area contributed by atoms with Gasteiger partial charge in [0.05, 0.1) is 0 Å². The van der Waals surface area contributed by atoms with Crippen LogP contribution in [-0.2, 0) is 0 Å². The molecule has 0 amide bonds. The third-order valence-electron chi connectivity index (χ3n) is 7.27. The Kier molecular flexibility index (Phi) is 6.41. The summed E-state index contributed by atoms with van der Waals surface area (Å²) in [6.45, 7) is 4.58. The quantitative estimate of drug-likeness (QED) is 0.362. The van der Waals surface area contributed by atoms with Crippen LogP contribution in [0.3, 0.4) is 0 Å². The second kappa shape index (κ2) is 8.88. The molecule has 1 aliphatic carbocycles. The zero-order valence-corrected chi connectivity index (χ0v) is 18.9. The summed E-state index contributed by atoms with van der Waals surface area (Å²) in [6, 6.07) is 21.5. The van der Waals surface area contributed by atoms with Gasteiger partial charge in [-0.3, -0.25) is 4.90 Å². The van der Waals surface area contributed by atoms with Crippen LogP contribution >= 0.6 is 24.8 Å². The zero-order chi connectivity index (χ0) is 18.5. The fourth-order valence-electron chi connectivity index (χ4n) is 6.00. The number of hydrogen-bond donors (Lipinski definition) is 1. The third-order valence-corrected chi connectivity index (χ3v) is 7.27. The number of nitrogens with zero attached hydrogens (tertiary/aromatic N) is 1. The lowest BCUT2D eigenvalue weighted by Crippen LogP contribution is -2.46. The van der Waals surface area contributed by atoms with Crippen molar-refractivity contribution in [3.63, 3.8) is 0 Å². The Hall–Kier alpha value is -1.58. The summed E-state index contributed by atoms with van der Waals surface area (Å²) in [5.74, 6) is 0.802. The van der Waals surface area contributed by atoms with Gasteiger partial charge in [0, 0.05) is 32.2 Å². The zero-order valence-electron chi connectivity index (χ0n) is 17.3. The van der Waals surface area contributed by atoms with Crippen molar-refractivity contribution >= 4 is 57.1 Å². The molecule has 0 radical (unpaired) electrons. The smallest absolute Gasteiger partial charge is 0.0383 e. The van der Waals surface area contributed by atoms with E-state index in [4.69, 9.17) is 0 Å². The second-order valence-corrected chi connectivity index (χ2v) is 8.79. The van der Waals surface area contributed by atoms with Crippen LogP contribution in [0.4, 0.5) is 0 Å². The largest absolute Gasteiger partial charge is 0.314 e. The Bertz CT molecular complexity index is 1110.